The molecule has 0 bridgehead atoms. The van der Waals surface area contributed by atoms with Crippen LogP contribution in [0.3, 0.4) is 0 Å². The molecule has 8 nitrogen and oxygen atoms in total. The van der Waals surface area contributed by atoms with E-state index in [2.05, 4.69) is 31.7 Å². The molecule has 0 aliphatic carbocycles. The summed E-state index contributed by atoms with van der Waals surface area (Å²) in [6, 6.07) is 15.9. The Labute approximate surface area is 194 Å². The van der Waals surface area contributed by atoms with Crippen molar-refractivity contribution in [2.45, 2.75) is 13.2 Å². The van der Waals surface area contributed by atoms with Crippen LogP contribution >= 0.6 is 0 Å². The van der Waals surface area contributed by atoms with Gasteiger partial charge in [0.1, 0.15) is 23.6 Å². The number of H-pyrrole nitrogens is 1. The van der Waals surface area contributed by atoms with E-state index in [0.29, 0.717) is 11.4 Å². The summed E-state index contributed by atoms with van der Waals surface area (Å²) in [5.74, 6) is 0.367. The van der Waals surface area contributed by atoms with Crippen molar-refractivity contribution in [3.63, 3.8) is 0 Å². The van der Waals surface area contributed by atoms with E-state index < -0.39 is 6.09 Å². The Morgan fingerprint density at radius 2 is 1.97 bits per heavy atom. The highest BCUT2D eigenvalue weighted by atomic mass is 19.1. The Kier molecular flexibility index (Phi) is 5.59. The SMILES string of the molecule is CNc1nc2[nH]c(-c3cccc(COC(=O)NCc4cccc(F)c4)c3)cc2c2c1ncn2C. The van der Waals surface area contributed by atoms with Crippen molar-refractivity contribution in [3.8, 4) is 11.3 Å². The Bertz CT molecular complexity index is 1510. The fraction of sp³-hybridized carbons (Fsp3) is 0.160. The molecule has 2 aromatic carbocycles. The van der Waals surface area contributed by atoms with E-state index in [1.54, 1.807) is 18.5 Å². The maximum atomic E-state index is 13.3. The lowest BCUT2D eigenvalue weighted by Gasteiger charge is -2.08. The van der Waals surface area contributed by atoms with Crippen LogP contribution in [0.15, 0.2) is 60.9 Å². The lowest BCUT2D eigenvalue weighted by atomic mass is 10.1. The third-order valence-electron chi connectivity index (χ3n) is 5.61. The van der Waals surface area contributed by atoms with Crippen LogP contribution in [-0.4, -0.2) is 32.7 Å². The van der Waals surface area contributed by atoms with Gasteiger partial charge >= 0.3 is 6.09 Å². The summed E-state index contributed by atoms with van der Waals surface area (Å²) >= 11 is 0. The van der Waals surface area contributed by atoms with Gasteiger partial charge in [0.05, 0.1) is 11.8 Å². The largest absolute Gasteiger partial charge is 0.445 e. The maximum Gasteiger partial charge on any atom is 0.407 e. The number of rotatable bonds is 6. The summed E-state index contributed by atoms with van der Waals surface area (Å²) in [6.07, 6.45) is 1.21. The highest BCUT2D eigenvalue weighted by Crippen LogP contribution is 2.31. The number of imidazole rings is 1. The molecule has 0 unspecified atom stereocenters. The number of hydrogen-bond donors (Lipinski definition) is 3. The van der Waals surface area contributed by atoms with Crippen molar-refractivity contribution in [3.05, 3.63) is 77.9 Å². The van der Waals surface area contributed by atoms with Gasteiger partial charge in [-0.1, -0.05) is 30.3 Å². The first kappa shape index (κ1) is 21.4. The van der Waals surface area contributed by atoms with Crippen molar-refractivity contribution in [1.29, 1.82) is 0 Å². The number of alkyl carbamates (subject to hydrolysis) is 1. The molecule has 0 aliphatic heterocycles. The number of amides is 1. The number of aryl methyl sites for hydroxylation is 1. The number of pyridine rings is 1. The summed E-state index contributed by atoms with van der Waals surface area (Å²) in [7, 11) is 3.78. The Morgan fingerprint density at radius 1 is 1.15 bits per heavy atom. The molecule has 3 aromatic heterocycles. The molecule has 0 saturated heterocycles. The molecule has 0 saturated carbocycles. The molecule has 0 spiro atoms. The fourth-order valence-corrected chi connectivity index (χ4v) is 3.98. The first-order valence-electron chi connectivity index (χ1n) is 10.8. The number of fused-ring (bicyclic) bond motifs is 3. The first-order valence-corrected chi connectivity index (χ1v) is 10.8. The molecular formula is C25H23FN6O2. The molecule has 3 N–H and O–H groups in total. The molecule has 9 heteroatoms. The second kappa shape index (κ2) is 8.86. The fourth-order valence-electron chi connectivity index (χ4n) is 3.98. The quantitative estimate of drug-likeness (QED) is 0.342. The van der Waals surface area contributed by atoms with Crippen LogP contribution < -0.4 is 10.6 Å². The Morgan fingerprint density at radius 3 is 2.79 bits per heavy atom. The number of halogens is 1. The topological polar surface area (TPSA) is 96.9 Å². The number of aromatic nitrogens is 4. The van der Waals surface area contributed by atoms with Crippen LogP contribution in [0, 0.1) is 5.82 Å². The van der Waals surface area contributed by atoms with Gasteiger partial charge in [-0.15, -0.1) is 0 Å². The van der Waals surface area contributed by atoms with Gasteiger partial charge in [-0.3, -0.25) is 0 Å². The Hall–Kier alpha value is -4.40. The maximum absolute atomic E-state index is 13.3. The van der Waals surface area contributed by atoms with Gasteiger partial charge in [0.15, 0.2) is 5.82 Å². The molecular weight excluding hydrogens is 435 g/mol. The van der Waals surface area contributed by atoms with Crippen LogP contribution in [0.25, 0.3) is 33.3 Å². The number of carbonyl (C=O) groups excluding carboxylic acids is 1. The van der Waals surface area contributed by atoms with Gasteiger partial charge in [0.25, 0.3) is 0 Å². The van der Waals surface area contributed by atoms with Gasteiger partial charge in [0.2, 0.25) is 0 Å². The standard InChI is InChI=1S/C25H23FN6O2/c1-27-24-21-22(32(2)14-29-21)19-11-20(30-23(19)31-24)17-7-3-6-16(9-17)13-34-25(33)28-12-15-5-4-8-18(26)10-15/h3-11,14H,12-13H2,1-2H3,(H,28,33)(H2,27,30,31). The average molecular weight is 458 g/mol. The summed E-state index contributed by atoms with van der Waals surface area (Å²) in [5, 5.41) is 6.71. The lowest BCUT2D eigenvalue weighted by molar-refractivity contribution is 0.139. The first-order chi connectivity index (χ1) is 16.5. The van der Waals surface area contributed by atoms with Crippen molar-refractivity contribution in [2.24, 2.45) is 7.05 Å². The third kappa shape index (κ3) is 4.15. The number of nitrogens with zero attached hydrogens (tertiary/aromatic N) is 3. The zero-order chi connectivity index (χ0) is 23.7. The van der Waals surface area contributed by atoms with E-state index in [0.717, 1.165) is 38.9 Å². The number of nitrogens with one attached hydrogen (secondary N) is 3. The monoisotopic (exact) mass is 458 g/mol. The molecule has 3 heterocycles. The van der Waals surface area contributed by atoms with Crippen molar-refractivity contribution >= 4 is 34.0 Å². The molecule has 0 fully saturated rings. The number of carbonyl (C=O) groups is 1. The average Bonchev–Trinajstić information content (AvgIpc) is 3.44. The summed E-state index contributed by atoms with van der Waals surface area (Å²) in [6.45, 7) is 0.299. The second-order valence-electron chi connectivity index (χ2n) is 7.97. The van der Waals surface area contributed by atoms with Crippen molar-refractivity contribution in [1.82, 2.24) is 24.8 Å². The van der Waals surface area contributed by atoms with Crippen molar-refractivity contribution in [2.75, 3.05) is 12.4 Å². The van der Waals surface area contributed by atoms with Crippen LogP contribution in [0.5, 0.6) is 0 Å². The minimum absolute atomic E-state index is 0.108. The van der Waals surface area contributed by atoms with Crippen LogP contribution in [-0.2, 0) is 24.9 Å². The van der Waals surface area contributed by atoms with E-state index in [1.807, 2.05) is 42.9 Å². The normalized spacial score (nSPS) is 11.1. The van der Waals surface area contributed by atoms with Gasteiger partial charge in [-0.05, 0) is 41.0 Å². The predicted octanol–water partition coefficient (Wildman–Crippen LogP) is 4.72. The van der Waals surface area contributed by atoms with Gasteiger partial charge in [0, 0.05) is 31.7 Å². The van der Waals surface area contributed by atoms with E-state index >= 15 is 0 Å². The van der Waals surface area contributed by atoms with Crippen LogP contribution in [0.2, 0.25) is 0 Å². The van der Waals surface area contributed by atoms with Crippen LogP contribution in [0.4, 0.5) is 15.0 Å². The number of benzene rings is 2. The molecule has 0 radical (unpaired) electrons. The second-order valence-corrected chi connectivity index (χ2v) is 7.97. The molecule has 1 amide bonds. The molecule has 172 valence electrons. The highest BCUT2D eigenvalue weighted by molar-refractivity contribution is 6.07. The molecule has 5 aromatic rings. The number of aromatic amines is 1. The van der Waals surface area contributed by atoms with E-state index in [9.17, 15) is 9.18 Å². The molecule has 0 aliphatic rings. The van der Waals surface area contributed by atoms with Gasteiger partial charge < -0.3 is 24.9 Å². The zero-order valence-corrected chi connectivity index (χ0v) is 18.7. The zero-order valence-electron chi connectivity index (χ0n) is 18.7. The summed E-state index contributed by atoms with van der Waals surface area (Å²) in [5.41, 5.74) is 5.91. The summed E-state index contributed by atoms with van der Waals surface area (Å²) in [4.78, 5) is 24.6. The predicted molar refractivity (Wildman–Crippen MR) is 129 cm³/mol. The number of ether oxygens (including phenoxy) is 1. The molecule has 0 atom stereocenters. The minimum Gasteiger partial charge on any atom is -0.445 e. The number of anilines is 1. The van der Waals surface area contributed by atoms with Crippen molar-refractivity contribution < 1.29 is 13.9 Å². The van der Waals surface area contributed by atoms with E-state index in [4.69, 9.17) is 4.74 Å². The summed E-state index contributed by atoms with van der Waals surface area (Å²) < 4.78 is 20.6. The third-order valence-corrected chi connectivity index (χ3v) is 5.61. The van der Waals surface area contributed by atoms with E-state index in [-0.39, 0.29) is 19.0 Å². The van der Waals surface area contributed by atoms with Gasteiger partial charge in [-0.2, -0.15) is 0 Å². The number of hydrogen-bond acceptors (Lipinski definition) is 5. The highest BCUT2D eigenvalue weighted by Gasteiger charge is 2.15. The van der Waals surface area contributed by atoms with Crippen LogP contribution in [0.1, 0.15) is 11.1 Å². The smallest absolute Gasteiger partial charge is 0.407 e. The van der Waals surface area contributed by atoms with E-state index in [1.165, 1.54) is 12.1 Å². The van der Waals surface area contributed by atoms with Gasteiger partial charge in [-0.25, -0.2) is 19.2 Å². The Balaban J connectivity index is 1.32. The minimum atomic E-state index is -0.567. The lowest BCUT2D eigenvalue weighted by Crippen LogP contribution is -2.23. The molecule has 34 heavy (non-hydrogen) atoms. The molecule has 5 rings (SSSR count).